The van der Waals surface area contributed by atoms with Crippen molar-refractivity contribution < 1.29 is 4.79 Å². The van der Waals surface area contributed by atoms with Crippen LogP contribution in [-0.2, 0) is 6.42 Å². The number of nitrogens with zero attached hydrogens (tertiary/aromatic N) is 3. The van der Waals surface area contributed by atoms with Crippen molar-refractivity contribution in [1.82, 2.24) is 9.97 Å². The molecule has 0 amide bonds. The van der Waals surface area contributed by atoms with Crippen LogP contribution in [0, 0.1) is 0 Å². The van der Waals surface area contributed by atoms with Gasteiger partial charge in [-0.25, -0.2) is 0 Å². The summed E-state index contributed by atoms with van der Waals surface area (Å²) in [5, 5.41) is 0. The van der Waals surface area contributed by atoms with Crippen LogP contribution >= 0.6 is 0 Å². The van der Waals surface area contributed by atoms with Crippen molar-refractivity contribution in [2.75, 3.05) is 18.5 Å². The lowest BCUT2D eigenvalue weighted by Gasteiger charge is -2.14. The molecule has 0 unspecified atom stereocenters. The Hall–Kier alpha value is -2.75. The zero-order chi connectivity index (χ0) is 15.1. The quantitative estimate of drug-likeness (QED) is 0.680. The molecule has 2 aromatic carbocycles. The highest BCUT2D eigenvalue weighted by Gasteiger charge is 2.17. The Morgan fingerprint density at radius 2 is 2.00 bits per heavy atom. The van der Waals surface area contributed by atoms with Gasteiger partial charge >= 0.3 is 0 Å². The van der Waals surface area contributed by atoms with Gasteiger partial charge in [-0.15, -0.1) is 0 Å². The Bertz CT molecular complexity index is 889. The second-order valence-corrected chi connectivity index (χ2v) is 5.63. The van der Waals surface area contributed by atoms with Gasteiger partial charge in [-0.05, 0) is 35.7 Å². The van der Waals surface area contributed by atoms with Gasteiger partial charge < -0.3 is 4.90 Å². The summed E-state index contributed by atoms with van der Waals surface area (Å²) < 4.78 is 0. The lowest BCUT2D eigenvalue weighted by molar-refractivity contribution is 0.112. The van der Waals surface area contributed by atoms with Crippen LogP contribution < -0.4 is 4.90 Å². The third-order valence-electron chi connectivity index (χ3n) is 4.26. The smallest absolute Gasteiger partial charge is 0.150 e. The number of likely N-dealkylation sites (N-methyl/N-ethyl adjacent to an activating group) is 1. The molecule has 0 N–H and O–H groups in total. The van der Waals surface area contributed by atoms with Crippen LogP contribution in [0.1, 0.15) is 15.9 Å². The fourth-order valence-corrected chi connectivity index (χ4v) is 3.09. The van der Waals surface area contributed by atoms with E-state index in [0.717, 1.165) is 41.4 Å². The Morgan fingerprint density at radius 3 is 2.86 bits per heavy atom. The lowest BCUT2D eigenvalue weighted by Crippen LogP contribution is -2.12. The van der Waals surface area contributed by atoms with Gasteiger partial charge in [0.15, 0.2) is 0 Å². The highest BCUT2D eigenvalue weighted by Crippen LogP contribution is 2.34. The monoisotopic (exact) mass is 289 g/mol. The molecule has 0 spiro atoms. The predicted octanol–water partition coefficient (Wildman–Crippen LogP) is 3.10. The topological polar surface area (TPSA) is 46.1 Å². The van der Waals surface area contributed by atoms with Crippen LogP contribution in [-0.4, -0.2) is 29.8 Å². The van der Waals surface area contributed by atoms with Crippen molar-refractivity contribution in [3.8, 4) is 11.1 Å². The molecule has 4 heteroatoms. The summed E-state index contributed by atoms with van der Waals surface area (Å²) in [4.78, 5) is 22.3. The Morgan fingerprint density at radius 1 is 1.14 bits per heavy atom. The number of aromatic nitrogens is 2. The first kappa shape index (κ1) is 13.0. The standard InChI is InChI=1S/C18H15N3O/c1-21-7-4-13-2-3-14(10-17(13)21)15-8-12(11-22)9-16-18(15)20-6-5-19-16/h2-3,5-6,8-11H,4,7H2,1H3. The summed E-state index contributed by atoms with van der Waals surface area (Å²) in [5.41, 5.74) is 6.85. The van der Waals surface area contributed by atoms with Gasteiger partial charge in [-0.2, -0.15) is 0 Å². The van der Waals surface area contributed by atoms with E-state index in [2.05, 4.69) is 40.1 Å². The second kappa shape index (κ2) is 4.91. The van der Waals surface area contributed by atoms with Gasteiger partial charge in [0.25, 0.3) is 0 Å². The van der Waals surface area contributed by atoms with E-state index >= 15 is 0 Å². The molecule has 22 heavy (non-hydrogen) atoms. The first-order chi connectivity index (χ1) is 10.8. The van der Waals surface area contributed by atoms with Crippen molar-refractivity contribution in [3.63, 3.8) is 0 Å². The molecule has 0 atom stereocenters. The number of aldehydes is 1. The molecule has 4 rings (SSSR count). The minimum atomic E-state index is 0.622. The number of fused-ring (bicyclic) bond motifs is 2. The molecular formula is C18H15N3O. The van der Waals surface area contributed by atoms with Gasteiger partial charge in [-0.3, -0.25) is 14.8 Å². The summed E-state index contributed by atoms with van der Waals surface area (Å²) in [6, 6.07) is 10.1. The fraction of sp³-hybridized carbons (Fsp3) is 0.167. The third-order valence-corrected chi connectivity index (χ3v) is 4.26. The Kier molecular flexibility index (Phi) is 2.89. The van der Waals surface area contributed by atoms with Crippen LogP contribution in [0.25, 0.3) is 22.2 Å². The minimum Gasteiger partial charge on any atom is -0.374 e. The molecule has 0 bridgehead atoms. The Labute approximate surface area is 128 Å². The molecule has 0 saturated carbocycles. The van der Waals surface area contributed by atoms with Gasteiger partial charge in [0.1, 0.15) is 6.29 Å². The van der Waals surface area contributed by atoms with Gasteiger partial charge in [0, 0.05) is 42.8 Å². The molecular weight excluding hydrogens is 274 g/mol. The van der Waals surface area contributed by atoms with Crippen LogP contribution in [0.3, 0.4) is 0 Å². The van der Waals surface area contributed by atoms with Crippen LogP contribution in [0.2, 0.25) is 0 Å². The summed E-state index contributed by atoms with van der Waals surface area (Å²) in [7, 11) is 2.11. The van der Waals surface area contributed by atoms with E-state index in [0.29, 0.717) is 5.56 Å². The number of rotatable bonds is 2. The van der Waals surface area contributed by atoms with Crippen molar-refractivity contribution >= 4 is 23.0 Å². The van der Waals surface area contributed by atoms with Crippen molar-refractivity contribution in [2.45, 2.75) is 6.42 Å². The molecule has 2 heterocycles. The van der Waals surface area contributed by atoms with Gasteiger partial charge in [0.05, 0.1) is 11.0 Å². The number of hydrogen-bond acceptors (Lipinski definition) is 4. The molecule has 1 aliphatic heterocycles. The highest BCUT2D eigenvalue weighted by molar-refractivity contribution is 5.96. The highest BCUT2D eigenvalue weighted by atomic mass is 16.1. The maximum atomic E-state index is 11.2. The zero-order valence-electron chi connectivity index (χ0n) is 12.3. The van der Waals surface area contributed by atoms with E-state index in [1.807, 2.05) is 6.07 Å². The average Bonchev–Trinajstić information content (AvgIpc) is 2.94. The Balaban J connectivity index is 1.98. The van der Waals surface area contributed by atoms with E-state index in [1.165, 1.54) is 11.3 Å². The second-order valence-electron chi connectivity index (χ2n) is 5.63. The first-order valence-corrected chi connectivity index (χ1v) is 7.30. The van der Waals surface area contributed by atoms with E-state index < -0.39 is 0 Å². The molecule has 0 radical (unpaired) electrons. The number of benzene rings is 2. The normalized spacial score (nSPS) is 13.4. The summed E-state index contributed by atoms with van der Waals surface area (Å²) in [5.74, 6) is 0. The van der Waals surface area contributed by atoms with Crippen LogP contribution in [0.5, 0.6) is 0 Å². The maximum Gasteiger partial charge on any atom is 0.150 e. The van der Waals surface area contributed by atoms with Crippen molar-refractivity contribution in [1.29, 1.82) is 0 Å². The summed E-state index contributed by atoms with van der Waals surface area (Å²) in [6.45, 7) is 1.05. The van der Waals surface area contributed by atoms with E-state index in [9.17, 15) is 4.79 Å². The molecule has 1 aliphatic rings. The van der Waals surface area contributed by atoms with Gasteiger partial charge in [0.2, 0.25) is 0 Å². The number of hydrogen-bond donors (Lipinski definition) is 0. The first-order valence-electron chi connectivity index (χ1n) is 7.30. The summed E-state index contributed by atoms with van der Waals surface area (Å²) in [6.07, 6.45) is 5.28. The van der Waals surface area contributed by atoms with E-state index in [1.54, 1.807) is 18.5 Å². The molecule has 108 valence electrons. The minimum absolute atomic E-state index is 0.622. The SMILES string of the molecule is CN1CCc2ccc(-c3cc(C=O)cc4nccnc34)cc21. The fourth-order valence-electron chi connectivity index (χ4n) is 3.09. The number of carbonyl (C=O) groups excluding carboxylic acids is 1. The molecule has 1 aromatic heterocycles. The van der Waals surface area contributed by atoms with Gasteiger partial charge in [-0.1, -0.05) is 12.1 Å². The zero-order valence-corrected chi connectivity index (χ0v) is 12.3. The number of carbonyl (C=O) groups is 1. The third kappa shape index (κ3) is 1.96. The molecule has 4 nitrogen and oxygen atoms in total. The van der Waals surface area contributed by atoms with Crippen molar-refractivity contribution in [2.24, 2.45) is 0 Å². The molecule has 0 aliphatic carbocycles. The predicted molar refractivity (Wildman–Crippen MR) is 87.3 cm³/mol. The molecule has 3 aromatic rings. The largest absolute Gasteiger partial charge is 0.374 e. The van der Waals surface area contributed by atoms with Crippen LogP contribution in [0.15, 0.2) is 42.7 Å². The van der Waals surface area contributed by atoms with Crippen LogP contribution in [0.4, 0.5) is 5.69 Å². The number of anilines is 1. The lowest BCUT2D eigenvalue weighted by atomic mass is 9.99. The summed E-state index contributed by atoms with van der Waals surface area (Å²) >= 11 is 0. The molecule has 0 saturated heterocycles. The molecule has 0 fully saturated rings. The average molecular weight is 289 g/mol. The van der Waals surface area contributed by atoms with Crippen molar-refractivity contribution in [3.05, 3.63) is 53.9 Å². The van der Waals surface area contributed by atoms with E-state index in [4.69, 9.17) is 0 Å². The maximum absolute atomic E-state index is 11.2. The van der Waals surface area contributed by atoms with E-state index in [-0.39, 0.29) is 0 Å².